The number of benzene rings is 1. The molecular formula is C10H10Cl3N. The van der Waals surface area contributed by atoms with Gasteiger partial charge in [-0.2, -0.15) is 0 Å². The molecule has 2 N–H and O–H groups in total. The fraction of sp³-hybridized carbons (Fsp3) is 0.200. The van der Waals surface area contributed by atoms with Crippen molar-refractivity contribution in [3.05, 3.63) is 38.8 Å². The van der Waals surface area contributed by atoms with E-state index < -0.39 is 0 Å². The molecule has 4 heteroatoms. The second kappa shape index (κ2) is 5.04. The van der Waals surface area contributed by atoms with Gasteiger partial charge in [0.1, 0.15) is 0 Å². The van der Waals surface area contributed by atoms with E-state index in [1.165, 1.54) is 0 Å². The SMILES string of the molecule is CC(N)/C=C/c1c(Cl)ccc(Cl)c1Cl. The molecule has 1 unspecified atom stereocenters. The zero-order valence-corrected chi connectivity index (χ0v) is 9.87. The van der Waals surface area contributed by atoms with Crippen molar-refractivity contribution in [1.82, 2.24) is 0 Å². The third-order valence-corrected chi connectivity index (χ3v) is 2.79. The fourth-order valence-electron chi connectivity index (χ4n) is 0.944. The zero-order valence-electron chi connectivity index (χ0n) is 7.60. The third-order valence-electron chi connectivity index (χ3n) is 1.65. The summed E-state index contributed by atoms with van der Waals surface area (Å²) < 4.78 is 0. The monoisotopic (exact) mass is 249 g/mol. The molecule has 0 fully saturated rings. The summed E-state index contributed by atoms with van der Waals surface area (Å²) in [5, 5.41) is 1.51. The molecule has 1 rings (SSSR count). The Morgan fingerprint density at radius 2 is 1.79 bits per heavy atom. The van der Waals surface area contributed by atoms with Crippen LogP contribution in [0.1, 0.15) is 12.5 Å². The quantitative estimate of drug-likeness (QED) is 0.789. The van der Waals surface area contributed by atoms with Gasteiger partial charge in [0.15, 0.2) is 0 Å². The van der Waals surface area contributed by atoms with Gasteiger partial charge in [-0.05, 0) is 19.1 Å². The van der Waals surface area contributed by atoms with Crippen LogP contribution in [-0.2, 0) is 0 Å². The van der Waals surface area contributed by atoms with Crippen LogP contribution in [0.4, 0.5) is 0 Å². The lowest BCUT2D eigenvalue weighted by molar-refractivity contribution is 0.931. The predicted molar refractivity (Wildman–Crippen MR) is 64.2 cm³/mol. The molecule has 1 aromatic rings. The van der Waals surface area contributed by atoms with Crippen molar-refractivity contribution in [2.75, 3.05) is 0 Å². The van der Waals surface area contributed by atoms with Gasteiger partial charge in [-0.1, -0.05) is 47.0 Å². The van der Waals surface area contributed by atoms with Crippen LogP contribution >= 0.6 is 34.8 Å². The standard InChI is InChI=1S/C10H10Cl3N/c1-6(14)2-3-7-8(11)4-5-9(12)10(7)13/h2-6H,14H2,1H3/b3-2+. The summed E-state index contributed by atoms with van der Waals surface area (Å²) in [6, 6.07) is 3.33. The molecule has 76 valence electrons. The maximum atomic E-state index is 5.97. The summed E-state index contributed by atoms with van der Waals surface area (Å²) in [4.78, 5) is 0. The third kappa shape index (κ3) is 2.89. The Morgan fingerprint density at radius 1 is 1.21 bits per heavy atom. The van der Waals surface area contributed by atoms with E-state index in [1.54, 1.807) is 18.2 Å². The Balaban J connectivity index is 3.13. The highest BCUT2D eigenvalue weighted by molar-refractivity contribution is 6.44. The molecule has 1 nitrogen and oxygen atoms in total. The van der Waals surface area contributed by atoms with Crippen molar-refractivity contribution in [2.45, 2.75) is 13.0 Å². The molecule has 0 amide bonds. The molecule has 1 atom stereocenters. The lowest BCUT2D eigenvalue weighted by atomic mass is 10.2. The Bertz CT molecular complexity index is 359. The molecule has 14 heavy (non-hydrogen) atoms. The van der Waals surface area contributed by atoms with Crippen molar-refractivity contribution in [2.24, 2.45) is 5.73 Å². The lowest BCUT2D eigenvalue weighted by Crippen LogP contribution is -2.09. The highest BCUT2D eigenvalue weighted by Gasteiger charge is 2.06. The van der Waals surface area contributed by atoms with Gasteiger partial charge in [-0.15, -0.1) is 0 Å². The molecule has 0 saturated carbocycles. The van der Waals surface area contributed by atoms with E-state index in [0.29, 0.717) is 20.6 Å². The predicted octanol–water partition coefficient (Wildman–Crippen LogP) is 4.01. The first-order valence-corrected chi connectivity index (χ1v) is 5.23. The normalized spacial score (nSPS) is 13.5. The number of hydrogen-bond acceptors (Lipinski definition) is 1. The smallest absolute Gasteiger partial charge is 0.0679 e. The molecule has 0 bridgehead atoms. The minimum atomic E-state index is -0.0406. The van der Waals surface area contributed by atoms with E-state index in [4.69, 9.17) is 40.5 Å². The maximum Gasteiger partial charge on any atom is 0.0679 e. The maximum absolute atomic E-state index is 5.97. The van der Waals surface area contributed by atoms with Crippen LogP contribution in [0.15, 0.2) is 18.2 Å². The molecule has 0 aliphatic heterocycles. The lowest BCUT2D eigenvalue weighted by Gasteiger charge is -2.04. The Kier molecular flexibility index (Phi) is 4.27. The van der Waals surface area contributed by atoms with Crippen LogP contribution in [0.25, 0.3) is 6.08 Å². The van der Waals surface area contributed by atoms with Gasteiger partial charge in [-0.3, -0.25) is 0 Å². The molecule has 0 aromatic heterocycles. The highest BCUT2D eigenvalue weighted by Crippen LogP contribution is 2.32. The van der Waals surface area contributed by atoms with Crippen molar-refractivity contribution in [3.8, 4) is 0 Å². The van der Waals surface area contributed by atoms with E-state index in [1.807, 2.05) is 13.0 Å². The van der Waals surface area contributed by atoms with Crippen LogP contribution in [0, 0.1) is 0 Å². The summed E-state index contributed by atoms with van der Waals surface area (Å²) in [6.07, 6.45) is 3.59. The first-order valence-electron chi connectivity index (χ1n) is 4.09. The van der Waals surface area contributed by atoms with E-state index in [0.717, 1.165) is 0 Å². The van der Waals surface area contributed by atoms with Gasteiger partial charge in [0.25, 0.3) is 0 Å². The average Bonchev–Trinajstić information content (AvgIpc) is 2.11. The van der Waals surface area contributed by atoms with Gasteiger partial charge in [-0.25, -0.2) is 0 Å². The molecule has 0 heterocycles. The minimum absolute atomic E-state index is 0.0406. The summed E-state index contributed by atoms with van der Waals surface area (Å²) in [5.74, 6) is 0. The van der Waals surface area contributed by atoms with Gasteiger partial charge < -0.3 is 5.73 Å². The van der Waals surface area contributed by atoms with E-state index in [9.17, 15) is 0 Å². The van der Waals surface area contributed by atoms with Gasteiger partial charge in [0.05, 0.1) is 10.0 Å². The summed E-state index contributed by atoms with van der Waals surface area (Å²) in [7, 11) is 0. The molecular weight excluding hydrogens is 240 g/mol. The van der Waals surface area contributed by atoms with Crippen LogP contribution in [-0.4, -0.2) is 6.04 Å². The fourth-order valence-corrected chi connectivity index (χ4v) is 1.60. The number of halogens is 3. The molecule has 0 saturated heterocycles. The molecule has 0 aliphatic carbocycles. The second-order valence-corrected chi connectivity index (χ2v) is 4.17. The first kappa shape index (κ1) is 11.9. The van der Waals surface area contributed by atoms with Crippen LogP contribution in [0.3, 0.4) is 0 Å². The molecule has 1 aromatic carbocycles. The second-order valence-electron chi connectivity index (χ2n) is 2.98. The van der Waals surface area contributed by atoms with E-state index in [-0.39, 0.29) is 6.04 Å². The largest absolute Gasteiger partial charge is 0.325 e. The van der Waals surface area contributed by atoms with Crippen molar-refractivity contribution in [1.29, 1.82) is 0 Å². The molecule has 0 aliphatic rings. The van der Waals surface area contributed by atoms with Crippen LogP contribution in [0.5, 0.6) is 0 Å². The average molecular weight is 251 g/mol. The Labute approximate surface area is 98.5 Å². The first-order chi connectivity index (χ1) is 6.52. The minimum Gasteiger partial charge on any atom is -0.325 e. The zero-order chi connectivity index (χ0) is 10.7. The van der Waals surface area contributed by atoms with Crippen molar-refractivity contribution < 1.29 is 0 Å². The molecule has 0 radical (unpaired) electrons. The topological polar surface area (TPSA) is 26.0 Å². The summed E-state index contributed by atoms with van der Waals surface area (Å²) in [5.41, 5.74) is 6.28. The molecule has 0 spiro atoms. The van der Waals surface area contributed by atoms with Crippen molar-refractivity contribution in [3.63, 3.8) is 0 Å². The van der Waals surface area contributed by atoms with Gasteiger partial charge in [0.2, 0.25) is 0 Å². The number of nitrogens with two attached hydrogens (primary N) is 1. The Hall–Kier alpha value is -0.210. The van der Waals surface area contributed by atoms with Crippen LogP contribution in [0.2, 0.25) is 15.1 Å². The van der Waals surface area contributed by atoms with E-state index >= 15 is 0 Å². The van der Waals surface area contributed by atoms with E-state index in [2.05, 4.69) is 0 Å². The van der Waals surface area contributed by atoms with Gasteiger partial charge >= 0.3 is 0 Å². The Morgan fingerprint density at radius 3 is 2.36 bits per heavy atom. The highest BCUT2D eigenvalue weighted by atomic mass is 35.5. The van der Waals surface area contributed by atoms with Gasteiger partial charge in [0, 0.05) is 16.6 Å². The number of rotatable bonds is 2. The van der Waals surface area contributed by atoms with Crippen LogP contribution < -0.4 is 5.73 Å². The summed E-state index contributed by atoms with van der Waals surface area (Å²) >= 11 is 17.8. The number of hydrogen-bond donors (Lipinski definition) is 1. The van der Waals surface area contributed by atoms with Crippen molar-refractivity contribution >= 4 is 40.9 Å². The summed E-state index contributed by atoms with van der Waals surface area (Å²) in [6.45, 7) is 1.86.